The highest BCUT2D eigenvalue weighted by atomic mass is 31.2. The highest BCUT2D eigenvalue weighted by Gasteiger charge is 2.27. The van der Waals surface area contributed by atoms with Crippen LogP contribution in [0.25, 0.3) is 0 Å². The first-order valence-electron chi connectivity index (χ1n) is 20.9. The molecule has 55 heavy (non-hydrogen) atoms. The summed E-state index contributed by atoms with van der Waals surface area (Å²) in [6.07, 6.45) is 44.4. The maximum Gasteiger partial charge on any atom is 0.472 e. The second kappa shape index (κ2) is 39.6. The lowest BCUT2D eigenvalue weighted by Crippen LogP contribution is -2.29. The number of phosphoric ester groups is 1. The van der Waals surface area contributed by atoms with E-state index in [1.54, 1.807) is 0 Å². The van der Waals surface area contributed by atoms with Crippen LogP contribution in [0.4, 0.5) is 0 Å². The Labute approximate surface area is 333 Å². The maximum absolute atomic E-state index is 12.6. The number of carbonyl (C=O) groups excluding carboxylic acids is 2. The molecule has 0 spiro atoms. The Balaban J connectivity index is 4.41. The summed E-state index contributed by atoms with van der Waals surface area (Å²) in [4.78, 5) is 34.9. The number of esters is 2. The molecule has 316 valence electrons. The number of aliphatic hydroxyl groups excluding tert-OH is 2. The minimum atomic E-state index is -4.63. The highest BCUT2D eigenvalue weighted by molar-refractivity contribution is 7.47. The molecule has 0 aromatic carbocycles. The number of hydrogen-bond donors (Lipinski definition) is 3. The number of ether oxygens (including phenoxy) is 2. The summed E-state index contributed by atoms with van der Waals surface area (Å²) in [5.74, 6) is -0.989. The van der Waals surface area contributed by atoms with Crippen LogP contribution in [0, 0.1) is 0 Å². The van der Waals surface area contributed by atoms with Crippen LogP contribution in [-0.4, -0.2) is 65.7 Å². The van der Waals surface area contributed by atoms with Gasteiger partial charge < -0.3 is 24.6 Å². The van der Waals surface area contributed by atoms with Gasteiger partial charge in [-0.25, -0.2) is 4.57 Å². The van der Waals surface area contributed by atoms with Crippen LogP contribution in [0.2, 0.25) is 0 Å². The van der Waals surface area contributed by atoms with Crippen molar-refractivity contribution in [3.05, 3.63) is 72.9 Å². The molecule has 0 saturated carbocycles. The van der Waals surface area contributed by atoms with Crippen LogP contribution >= 0.6 is 7.82 Å². The van der Waals surface area contributed by atoms with Gasteiger partial charge in [0.2, 0.25) is 0 Å². The third-order valence-corrected chi connectivity index (χ3v) is 9.30. The molecule has 10 nitrogen and oxygen atoms in total. The van der Waals surface area contributed by atoms with Gasteiger partial charge in [0, 0.05) is 12.8 Å². The van der Waals surface area contributed by atoms with Gasteiger partial charge in [0.05, 0.1) is 19.8 Å². The Kier molecular flexibility index (Phi) is 37.8. The SMILES string of the molecule is CC/C=C/C/C=C/C/C=C/C/C=C/CCCCC(=O)OC[C@H](COP(=O)(O)OC[C@@H](O)CO)OC(=O)CCCCCCCCC/C=C/C/C=C/CCCCC. The smallest absolute Gasteiger partial charge is 0.462 e. The first-order chi connectivity index (χ1) is 26.7. The van der Waals surface area contributed by atoms with E-state index >= 15 is 0 Å². The van der Waals surface area contributed by atoms with Crippen LogP contribution in [0.1, 0.15) is 155 Å². The molecule has 0 heterocycles. The van der Waals surface area contributed by atoms with E-state index in [0.29, 0.717) is 12.8 Å². The first kappa shape index (κ1) is 52.4. The lowest BCUT2D eigenvalue weighted by molar-refractivity contribution is -0.161. The molecule has 0 radical (unpaired) electrons. The van der Waals surface area contributed by atoms with Crippen molar-refractivity contribution in [3.8, 4) is 0 Å². The Morgan fingerprint density at radius 2 is 1.00 bits per heavy atom. The van der Waals surface area contributed by atoms with E-state index in [-0.39, 0.29) is 19.4 Å². The van der Waals surface area contributed by atoms with Crippen LogP contribution in [0.3, 0.4) is 0 Å². The van der Waals surface area contributed by atoms with Gasteiger partial charge in [-0.3, -0.25) is 18.6 Å². The summed E-state index contributed by atoms with van der Waals surface area (Å²) in [6.45, 7) is 2.16. The second-order valence-corrected chi connectivity index (χ2v) is 15.1. The molecule has 0 rings (SSSR count). The molecule has 0 bridgehead atoms. The zero-order chi connectivity index (χ0) is 40.5. The van der Waals surface area contributed by atoms with Gasteiger partial charge in [-0.05, 0) is 83.5 Å². The molecular weight excluding hydrogens is 719 g/mol. The van der Waals surface area contributed by atoms with E-state index in [2.05, 4.69) is 91.3 Å². The third-order valence-electron chi connectivity index (χ3n) is 8.34. The average Bonchev–Trinajstić information content (AvgIpc) is 3.17. The highest BCUT2D eigenvalue weighted by Crippen LogP contribution is 2.43. The number of rotatable bonds is 38. The van der Waals surface area contributed by atoms with Crippen LogP contribution in [0.15, 0.2) is 72.9 Å². The Morgan fingerprint density at radius 1 is 0.564 bits per heavy atom. The predicted octanol–water partition coefficient (Wildman–Crippen LogP) is 10.9. The number of aliphatic hydroxyl groups is 2. The molecule has 3 N–H and O–H groups in total. The van der Waals surface area contributed by atoms with E-state index < -0.39 is 51.8 Å². The summed E-state index contributed by atoms with van der Waals surface area (Å²) in [5.41, 5.74) is 0. The van der Waals surface area contributed by atoms with E-state index in [9.17, 15) is 24.2 Å². The van der Waals surface area contributed by atoms with Crippen molar-refractivity contribution < 1.29 is 47.8 Å². The van der Waals surface area contributed by atoms with Crippen LogP contribution in [0.5, 0.6) is 0 Å². The predicted molar refractivity (Wildman–Crippen MR) is 223 cm³/mol. The minimum Gasteiger partial charge on any atom is -0.462 e. The van der Waals surface area contributed by atoms with E-state index in [1.807, 2.05) is 0 Å². The fraction of sp³-hybridized carbons (Fsp3) is 0.682. The van der Waals surface area contributed by atoms with Crippen molar-refractivity contribution in [1.29, 1.82) is 0 Å². The van der Waals surface area contributed by atoms with E-state index in [0.717, 1.165) is 77.0 Å². The van der Waals surface area contributed by atoms with Gasteiger partial charge >= 0.3 is 19.8 Å². The fourth-order valence-corrected chi connectivity index (χ4v) is 5.92. The number of hydrogen-bond acceptors (Lipinski definition) is 9. The van der Waals surface area contributed by atoms with Gasteiger partial charge in [-0.15, -0.1) is 0 Å². The van der Waals surface area contributed by atoms with Gasteiger partial charge in [0.25, 0.3) is 0 Å². The lowest BCUT2D eigenvalue weighted by atomic mass is 10.1. The second-order valence-electron chi connectivity index (χ2n) is 13.6. The minimum absolute atomic E-state index is 0.162. The number of allylic oxidation sites excluding steroid dienone is 12. The topological polar surface area (TPSA) is 149 Å². The van der Waals surface area contributed by atoms with Crippen molar-refractivity contribution >= 4 is 19.8 Å². The molecule has 0 aromatic rings. The standard InChI is InChI=1S/C44H75O10P/c1-3-5-7-9-11-13-15-17-19-20-22-24-26-28-30-32-34-36-44(48)54-42(40-53-55(49,50)52-38-41(46)37-45)39-51-43(47)35-33-31-29-27-25-23-21-18-16-14-12-10-8-6-4-2/h6,8,11-14,17-19,21,25,27,41-42,45-46H,3-5,7,9-10,15-16,20,22-24,26,28-40H2,1-2H3,(H,49,50)/b8-6+,13-11+,14-12+,19-17+,21-18+,27-25+/t41-,42+/m0/s1. The van der Waals surface area contributed by atoms with Crippen molar-refractivity contribution in [3.63, 3.8) is 0 Å². The lowest BCUT2D eigenvalue weighted by Gasteiger charge is -2.20. The molecule has 11 heteroatoms. The molecule has 0 fully saturated rings. The fourth-order valence-electron chi connectivity index (χ4n) is 5.13. The summed E-state index contributed by atoms with van der Waals surface area (Å²) < 4.78 is 32.6. The molecule has 1 unspecified atom stereocenters. The Hall–Kier alpha value is -2.59. The van der Waals surface area contributed by atoms with Gasteiger partial charge in [0.1, 0.15) is 12.7 Å². The Bertz CT molecular complexity index is 1140. The molecular formula is C44H75O10P. The zero-order valence-corrected chi connectivity index (χ0v) is 35.0. The first-order valence-corrected chi connectivity index (χ1v) is 22.4. The summed E-state index contributed by atoms with van der Waals surface area (Å²) in [5, 5.41) is 18.3. The molecule has 0 amide bonds. The zero-order valence-electron chi connectivity index (χ0n) is 34.1. The molecule has 0 saturated heterocycles. The molecule has 0 aliphatic carbocycles. The van der Waals surface area contributed by atoms with E-state index in [1.165, 1.54) is 38.5 Å². The summed E-state index contributed by atoms with van der Waals surface area (Å²) >= 11 is 0. The number of carbonyl (C=O) groups is 2. The van der Waals surface area contributed by atoms with Crippen molar-refractivity contribution in [2.75, 3.05) is 26.4 Å². The van der Waals surface area contributed by atoms with Gasteiger partial charge in [0.15, 0.2) is 6.10 Å². The molecule has 3 atom stereocenters. The molecule has 0 aliphatic rings. The van der Waals surface area contributed by atoms with Crippen molar-refractivity contribution in [1.82, 2.24) is 0 Å². The van der Waals surface area contributed by atoms with Crippen LogP contribution in [-0.2, 0) is 32.7 Å². The normalized spacial score (nSPS) is 14.6. The average molecular weight is 795 g/mol. The molecule has 0 aliphatic heterocycles. The largest absolute Gasteiger partial charge is 0.472 e. The van der Waals surface area contributed by atoms with Gasteiger partial charge in [-0.1, -0.05) is 132 Å². The number of phosphoric acid groups is 1. The maximum atomic E-state index is 12.6. The third kappa shape index (κ3) is 39.4. The quantitative estimate of drug-likeness (QED) is 0.0239. The van der Waals surface area contributed by atoms with Crippen LogP contribution < -0.4 is 0 Å². The van der Waals surface area contributed by atoms with Crippen molar-refractivity contribution in [2.45, 2.75) is 167 Å². The molecule has 0 aromatic heterocycles. The summed E-state index contributed by atoms with van der Waals surface area (Å²) in [6, 6.07) is 0. The van der Waals surface area contributed by atoms with E-state index in [4.69, 9.17) is 19.1 Å². The monoisotopic (exact) mass is 795 g/mol. The van der Waals surface area contributed by atoms with Gasteiger partial charge in [-0.2, -0.15) is 0 Å². The summed E-state index contributed by atoms with van der Waals surface area (Å²) in [7, 11) is -4.63. The Morgan fingerprint density at radius 3 is 1.55 bits per heavy atom. The van der Waals surface area contributed by atoms with Crippen molar-refractivity contribution in [2.24, 2.45) is 0 Å². The number of unbranched alkanes of at least 4 members (excludes halogenated alkanes) is 12.